The van der Waals surface area contributed by atoms with Gasteiger partial charge < -0.3 is 0 Å². The number of nitrogens with zero attached hydrogens (tertiary/aromatic N) is 3. The summed E-state index contributed by atoms with van der Waals surface area (Å²) >= 11 is 8.93. The van der Waals surface area contributed by atoms with Crippen LogP contribution in [-0.4, -0.2) is 14.3 Å². The maximum atomic E-state index is 5.68. The van der Waals surface area contributed by atoms with Gasteiger partial charge in [-0.2, -0.15) is 9.30 Å². The van der Waals surface area contributed by atoms with Crippen LogP contribution in [0.5, 0.6) is 0 Å². The van der Waals surface area contributed by atoms with Gasteiger partial charge >= 0.3 is 0 Å². The predicted molar refractivity (Wildman–Crippen MR) is 46.5 cm³/mol. The van der Waals surface area contributed by atoms with Gasteiger partial charge in [0.25, 0.3) is 0 Å². The highest BCUT2D eigenvalue weighted by atomic mass is 79.9. The van der Waals surface area contributed by atoms with Gasteiger partial charge in [0.1, 0.15) is 10.1 Å². The van der Waals surface area contributed by atoms with E-state index in [4.69, 9.17) is 11.8 Å². The Morgan fingerprint density at radius 1 is 1.45 bits per heavy atom. The Balaban J connectivity index is 2.86. The largest absolute Gasteiger partial charge is 0.247 e. The minimum atomic E-state index is 0.787. The molecule has 0 saturated carbocycles. The standard InChI is InChI=1S/C6H3BrClN3/c7-6-1-4-2-10-11(8)5(4)3-9-6/h1-3H. The molecule has 2 heterocycles. The Labute approximate surface area is 76.2 Å². The van der Waals surface area contributed by atoms with Gasteiger partial charge in [0.15, 0.2) is 0 Å². The van der Waals surface area contributed by atoms with Crippen molar-refractivity contribution >= 4 is 38.6 Å². The first-order valence-corrected chi connectivity index (χ1v) is 4.06. The van der Waals surface area contributed by atoms with E-state index in [2.05, 4.69) is 26.0 Å². The zero-order valence-electron chi connectivity index (χ0n) is 5.33. The zero-order chi connectivity index (χ0) is 7.84. The SMILES string of the molecule is Cln1ncc2cc(Br)ncc21. The van der Waals surface area contributed by atoms with Crippen LogP contribution >= 0.6 is 27.7 Å². The molecule has 11 heavy (non-hydrogen) atoms. The number of rotatable bonds is 0. The number of hydrogen-bond acceptors (Lipinski definition) is 2. The highest BCUT2D eigenvalue weighted by Gasteiger charge is 2.00. The molecule has 5 heteroatoms. The first kappa shape index (κ1) is 7.06. The molecule has 3 nitrogen and oxygen atoms in total. The molecule has 0 spiro atoms. The molecule has 2 rings (SSSR count). The van der Waals surface area contributed by atoms with E-state index in [-0.39, 0.29) is 0 Å². The monoisotopic (exact) mass is 231 g/mol. The topological polar surface area (TPSA) is 30.7 Å². The maximum absolute atomic E-state index is 5.68. The molecule has 0 unspecified atom stereocenters. The van der Waals surface area contributed by atoms with Crippen LogP contribution in [0.3, 0.4) is 0 Å². The summed E-state index contributed by atoms with van der Waals surface area (Å²) in [6.45, 7) is 0. The Morgan fingerprint density at radius 3 is 3.09 bits per heavy atom. The smallest absolute Gasteiger partial charge is 0.106 e. The number of aromatic nitrogens is 3. The highest BCUT2D eigenvalue weighted by Crippen LogP contribution is 2.16. The van der Waals surface area contributed by atoms with Gasteiger partial charge in [-0.1, -0.05) is 0 Å². The fourth-order valence-electron chi connectivity index (χ4n) is 0.870. The summed E-state index contributed by atoms with van der Waals surface area (Å²) in [5.41, 5.74) is 0.815. The Hall–Kier alpha value is -0.610. The van der Waals surface area contributed by atoms with Crippen molar-refractivity contribution in [3.8, 4) is 0 Å². The van der Waals surface area contributed by atoms with E-state index in [1.165, 1.54) is 4.20 Å². The highest BCUT2D eigenvalue weighted by molar-refractivity contribution is 9.10. The van der Waals surface area contributed by atoms with Crippen LogP contribution in [0.25, 0.3) is 10.9 Å². The molecule has 0 aromatic carbocycles. The van der Waals surface area contributed by atoms with Crippen molar-refractivity contribution in [2.75, 3.05) is 0 Å². The van der Waals surface area contributed by atoms with E-state index in [0.29, 0.717) is 0 Å². The summed E-state index contributed by atoms with van der Waals surface area (Å²) in [6, 6.07) is 1.86. The molecular weight excluding hydrogens is 229 g/mol. The molecule has 0 fully saturated rings. The van der Waals surface area contributed by atoms with Crippen LogP contribution in [0, 0.1) is 0 Å². The van der Waals surface area contributed by atoms with Gasteiger partial charge in [0, 0.05) is 17.2 Å². The van der Waals surface area contributed by atoms with Crippen molar-refractivity contribution < 1.29 is 0 Å². The van der Waals surface area contributed by atoms with Crippen LogP contribution < -0.4 is 0 Å². The van der Waals surface area contributed by atoms with Crippen molar-refractivity contribution in [2.24, 2.45) is 0 Å². The summed E-state index contributed by atoms with van der Waals surface area (Å²) in [6.07, 6.45) is 3.36. The van der Waals surface area contributed by atoms with Crippen molar-refractivity contribution in [1.29, 1.82) is 0 Å². The molecule has 56 valence electrons. The van der Waals surface area contributed by atoms with Gasteiger partial charge in [-0.25, -0.2) is 4.98 Å². The van der Waals surface area contributed by atoms with E-state index < -0.39 is 0 Å². The molecule has 2 aromatic heterocycles. The molecule has 0 bridgehead atoms. The van der Waals surface area contributed by atoms with Crippen LogP contribution in [0.15, 0.2) is 23.1 Å². The van der Waals surface area contributed by atoms with Crippen molar-refractivity contribution in [3.63, 3.8) is 0 Å². The molecule has 0 aliphatic carbocycles. The van der Waals surface area contributed by atoms with E-state index in [0.717, 1.165) is 15.5 Å². The van der Waals surface area contributed by atoms with Gasteiger partial charge in [0.2, 0.25) is 0 Å². The third-order valence-corrected chi connectivity index (χ3v) is 2.08. The Kier molecular flexibility index (Phi) is 1.58. The van der Waals surface area contributed by atoms with Crippen LogP contribution in [0.2, 0.25) is 0 Å². The first-order chi connectivity index (χ1) is 5.27. The second-order valence-corrected chi connectivity index (χ2v) is 3.20. The fourth-order valence-corrected chi connectivity index (χ4v) is 1.40. The van der Waals surface area contributed by atoms with E-state index in [1.807, 2.05) is 6.07 Å². The van der Waals surface area contributed by atoms with E-state index >= 15 is 0 Å². The number of hydrogen-bond donors (Lipinski definition) is 0. The lowest BCUT2D eigenvalue weighted by Gasteiger charge is -1.90. The molecular formula is C6H3BrClN3. The molecule has 0 aliphatic heterocycles. The Bertz CT molecular complexity index is 398. The van der Waals surface area contributed by atoms with Crippen molar-refractivity contribution in [3.05, 3.63) is 23.1 Å². The second kappa shape index (κ2) is 2.46. The molecule has 0 atom stereocenters. The summed E-state index contributed by atoms with van der Waals surface area (Å²) in [7, 11) is 0. The van der Waals surface area contributed by atoms with Gasteiger partial charge in [-0.3, -0.25) is 0 Å². The average molecular weight is 232 g/mol. The first-order valence-electron chi connectivity index (χ1n) is 2.93. The molecule has 0 saturated heterocycles. The van der Waals surface area contributed by atoms with Gasteiger partial charge in [-0.15, -0.1) is 0 Å². The normalized spacial score (nSPS) is 10.7. The Morgan fingerprint density at radius 2 is 2.27 bits per heavy atom. The quantitative estimate of drug-likeness (QED) is 0.652. The molecule has 0 aliphatic rings. The third-order valence-electron chi connectivity index (χ3n) is 1.38. The summed E-state index contributed by atoms with van der Waals surface area (Å²) in [5.74, 6) is 0. The van der Waals surface area contributed by atoms with E-state index in [1.54, 1.807) is 12.4 Å². The average Bonchev–Trinajstić information content (AvgIpc) is 2.32. The molecule has 0 amide bonds. The van der Waals surface area contributed by atoms with Crippen LogP contribution in [0.1, 0.15) is 0 Å². The van der Waals surface area contributed by atoms with Crippen molar-refractivity contribution in [2.45, 2.75) is 0 Å². The zero-order valence-corrected chi connectivity index (χ0v) is 7.67. The van der Waals surface area contributed by atoms with Crippen LogP contribution in [0.4, 0.5) is 0 Å². The molecule has 0 radical (unpaired) electrons. The maximum Gasteiger partial charge on any atom is 0.106 e. The summed E-state index contributed by atoms with van der Waals surface area (Å²) < 4.78 is 2.06. The molecule has 2 aromatic rings. The predicted octanol–water partition coefficient (Wildman–Crippen LogP) is 2.20. The lowest BCUT2D eigenvalue weighted by molar-refractivity contribution is 1.02. The number of pyridine rings is 1. The molecule has 0 N–H and O–H groups in total. The van der Waals surface area contributed by atoms with Crippen LogP contribution in [-0.2, 0) is 0 Å². The lowest BCUT2D eigenvalue weighted by atomic mass is 10.3. The lowest BCUT2D eigenvalue weighted by Crippen LogP contribution is -1.81. The second-order valence-electron chi connectivity index (χ2n) is 2.07. The third kappa shape index (κ3) is 1.12. The van der Waals surface area contributed by atoms with Gasteiger partial charge in [0.05, 0.1) is 12.4 Å². The minimum absolute atomic E-state index is 0.787. The summed E-state index contributed by atoms with van der Waals surface area (Å²) in [4.78, 5) is 4.01. The van der Waals surface area contributed by atoms with Gasteiger partial charge in [-0.05, 0) is 22.0 Å². The minimum Gasteiger partial charge on any atom is -0.247 e. The van der Waals surface area contributed by atoms with E-state index in [9.17, 15) is 0 Å². The number of fused-ring (bicyclic) bond motifs is 1. The van der Waals surface area contributed by atoms with Crippen molar-refractivity contribution in [1.82, 2.24) is 14.3 Å². The summed E-state index contributed by atoms with van der Waals surface area (Å²) in [5, 5.41) is 4.83. The number of halogens is 2. The fraction of sp³-hybridized carbons (Fsp3) is 0.